The molecule has 0 atom stereocenters. The Morgan fingerprint density at radius 3 is 2.88 bits per heavy atom. The SMILES string of the molecule is CCCNc1ncccc1CN1CCCCC1. The molecule has 94 valence electrons. The number of pyridine rings is 1. The van der Waals surface area contributed by atoms with Crippen molar-refractivity contribution in [3.05, 3.63) is 23.9 Å². The van der Waals surface area contributed by atoms with Gasteiger partial charge < -0.3 is 5.32 Å². The molecule has 0 amide bonds. The van der Waals surface area contributed by atoms with Crippen LogP contribution in [0.15, 0.2) is 18.3 Å². The van der Waals surface area contributed by atoms with E-state index in [-0.39, 0.29) is 0 Å². The van der Waals surface area contributed by atoms with Crippen LogP contribution in [0.3, 0.4) is 0 Å². The molecule has 3 nitrogen and oxygen atoms in total. The average Bonchev–Trinajstić information content (AvgIpc) is 2.39. The highest BCUT2D eigenvalue weighted by Gasteiger charge is 2.12. The molecule has 1 aliphatic rings. The van der Waals surface area contributed by atoms with Gasteiger partial charge in [-0.25, -0.2) is 4.98 Å². The van der Waals surface area contributed by atoms with Gasteiger partial charge in [-0.05, 0) is 38.4 Å². The molecule has 0 aliphatic carbocycles. The molecule has 1 N–H and O–H groups in total. The lowest BCUT2D eigenvalue weighted by molar-refractivity contribution is 0.221. The molecule has 2 rings (SSSR count). The fourth-order valence-electron chi connectivity index (χ4n) is 2.33. The Morgan fingerprint density at radius 1 is 1.29 bits per heavy atom. The molecule has 1 saturated heterocycles. The van der Waals surface area contributed by atoms with Gasteiger partial charge in [-0.1, -0.05) is 19.4 Å². The average molecular weight is 233 g/mol. The number of hydrogen-bond donors (Lipinski definition) is 1. The third kappa shape index (κ3) is 3.70. The number of nitrogens with zero attached hydrogens (tertiary/aromatic N) is 2. The van der Waals surface area contributed by atoms with Crippen molar-refractivity contribution >= 4 is 5.82 Å². The molecule has 0 bridgehead atoms. The van der Waals surface area contributed by atoms with E-state index in [0.717, 1.165) is 25.3 Å². The van der Waals surface area contributed by atoms with Gasteiger partial charge in [0.15, 0.2) is 0 Å². The highest BCUT2D eigenvalue weighted by Crippen LogP contribution is 2.17. The predicted molar refractivity (Wildman–Crippen MR) is 72.1 cm³/mol. The van der Waals surface area contributed by atoms with Crippen molar-refractivity contribution < 1.29 is 0 Å². The molecule has 1 aromatic heterocycles. The zero-order valence-electron chi connectivity index (χ0n) is 10.8. The first-order valence-corrected chi connectivity index (χ1v) is 6.80. The molecular formula is C14H23N3. The van der Waals surface area contributed by atoms with Gasteiger partial charge in [0.2, 0.25) is 0 Å². The molecule has 2 heterocycles. The first-order chi connectivity index (χ1) is 8.40. The molecule has 0 saturated carbocycles. The molecule has 1 aromatic rings. The van der Waals surface area contributed by atoms with Crippen LogP contribution >= 0.6 is 0 Å². The number of likely N-dealkylation sites (tertiary alicyclic amines) is 1. The van der Waals surface area contributed by atoms with Gasteiger partial charge in [-0.2, -0.15) is 0 Å². The second-order valence-corrected chi connectivity index (χ2v) is 4.77. The zero-order valence-corrected chi connectivity index (χ0v) is 10.8. The molecule has 1 aliphatic heterocycles. The normalized spacial score (nSPS) is 17.0. The van der Waals surface area contributed by atoms with Gasteiger partial charge in [0.25, 0.3) is 0 Å². The summed E-state index contributed by atoms with van der Waals surface area (Å²) in [5.74, 6) is 1.07. The lowest BCUT2D eigenvalue weighted by Crippen LogP contribution is -2.29. The quantitative estimate of drug-likeness (QED) is 0.847. The van der Waals surface area contributed by atoms with E-state index in [4.69, 9.17) is 0 Å². The van der Waals surface area contributed by atoms with E-state index in [2.05, 4.69) is 28.2 Å². The minimum Gasteiger partial charge on any atom is -0.370 e. The summed E-state index contributed by atoms with van der Waals surface area (Å²) in [7, 11) is 0. The van der Waals surface area contributed by atoms with Crippen LogP contribution in [0.5, 0.6) is 0 Å². The van der Waals surface area contributed by atoms with Crippen LogP contribution in [0.2, 0.25) is 0 Å². The second kappa shape index (κ2) is 6.60. The maximum Gasteiger partial charge on any atom is 0.130 e. The molecule has 0 aromatic carbocycles. The van der Waals surface area contributed by atoms with Gasteiger partial charge in [0.1, 0.15) is 5.82 Å². The minimum absolute atomic E-state index is 1.00. The number of anilines is 1. The number of rotatable bonds is 5. The molecule has 0 radical (unpaired) electrons. The van der Waals surface area contributed by atoms with Gasteiger partial charge in [-0.3, -0.25) is 4.90 Å². The van der Waals surface area contributed by atoms with E-state index in [9.17, 15) is 0 Å². The van der Waals surface area contributed by atoms with Crippen LogP contribution in [-0.4, -0.2) is 29.5 Å². The number of aromatic nitrogens is 1. The monoisotopic (exact) mass is 233 g/mol. The molecule has 3 heteroatoms. The topological polar surface area (TPSA) is 28.2 Å². The Bertz CT molecular complexity index is 332. The van der Waals surface area contributed by atoms with Gasteiger partial charge in [-0.15, -0.1) is 0 Å². The Balaban J connectivity index is 1.98. The summed E-state index contributed by atoms with van der Waals surface area (Å²) in [4.78, 5) is 6.98. The Labute approximate surface area is 104 Å². The largest absolute Gasteiger partial charge is 0.370 e. The number of hydrogen-bond acceptors (Lipinski definition) is 3. The van der Waals surface area contributed by atoms with Gasteiger partial charge in [0.05, 0.1) is 0 Å². The summed E-state index contributed by atoms with van der Waals surface area (Å²) in [5, 5.41) is 3.41. The summed E-state index contributed by atoms with van der Waals surface area (Å²) in [5.41, 5.74) is 1.34. The maximum absolute atomic E-state index is 4.44. The summed E-state index contributed by atoms with van der Waals surface area (Å²) in [6.07, 6.45) is 7.10. The summed E-state index contributed by atoms with van der Waals surface area (Å²) >= 11 is 0. The van der Waals surface area contributed by atoms with Gasteiger partial charge >= 0.3 is 0 Å². The van der Waals surface area contributed by atoms with E-state index in [1.54, 1.807) is 0 Å². The Kier molecular flexibility index (Phi) is 4.80. The zero-order chi connectivity index (χ0) is 11.9. The van der Waals surface area contributed by atoms with Crippen molar-refractivity contribution in [2.24, 2.45) is 0 Å². The van der Waals surface area contributed by atoms with Crippen LogP contribution in [0.25, 0.3) is 0 Å². The summed E-state index contributed by atoms with van der Waals surface area (Å²) in [6.45, 7) is 6.70. The summed E-state index contributed by atoms with van der Waals surface area (Å²) < 4.78 is 0. The first-order valence-electron chi connectivity index (χ1n) is 6.80. The minimum atomic E-state index is 1.00. The smallest absolute Gasteiger partial charge is 0.130 e. The highest BCUT2D eigenvalue weighted by molar-refractivity contribution is 5.43. The van der Waals surface area contributed by atoms with Crippen LogP contribution in [0.1, 0.15) is 38.2 Å². The fourth-order valence-corrected chi connectivity index (χ4v) is 2.33. The van der Waals surface area contributed by atoms with Crippen molar-refractivity contribution in [2.45, 2.75) is 39.2 Å². The third-order valence-corrected chi connectivity index (χ3v) is 3.28. The molecule has 0 unspecified atom stereocenters. The number of nitrogens with one attached hydrogen (secondary N) is 1. The molecule has 17 heavy (non-hydrogen) atoms. The van der Waals surface area contributed by atoms with E-state index in [1.807, 2.05) is 12.3 Å². The van der Waals surface area contributed by atoms with Crippen LogP contribution < -0.4 is 5.32 Å². The van der Waals surface area contributed by atoms with Crippen molar-refractivity contribution in [2.75, 3.05) is 25.0 Å². The molecule has 1 fully saturated rings. The van der Waals surface area contributed by atoms with Crippen molar-refractivity contribution in [3.63, 3.8) is 0 Å². The first kappa shape index (κ1) is 12.4. The number of piperidine rings is 1. The van der Waals surface area contributed by atoms with Crippen LogP contribution in [0, 0.1) is 0 Å². The Hall–Kier alpha value is -1.09. The Morgan fingerprint density at radius 2 is 2.12 bits per heavy atom. The van der Waals surface area contributed by atoms with Crippen molar-refractivity contribution in [3.8, 4) is 0 Å². The third-order valence-electron chi connectivity index (χ3n) is 3.28. The standard InChI is InChI=1S/C14H23N3/c1-2-8-15-14-13(7-6-9-16-14)12-17-10-4-3-5-11-17/h6-7,9H,2-5,8,10-12H2,1H3,(H,15,16). The highest BCUT2D eigenvalue weighted by atomic mass is 15.1. The fraction of sp³-hybridized carbons (Fsp3) is 0.643. The summed E-state index contributed by atoms with van der Waals surface area (Å²) in [6, 6.07) is 4.23. The van der Waals surface area contributed by atoms with E-state index in [0.29, 0.717) is 0 Å². The van der Waals surface area contributed by atoms with Crippen molar-refractivity contribution in [1.29, 1.82) is 0 Å². The predicted octanol–water partition coefficient (Wildman–Crippen LogP) is 2.89. The second-order valence-electron chi connectivity index (χ2n) is 4.77. The van der Waals surface area contributed by atoms with E-state index < -0.39 is 0 Å². The lowest BCUT2D eigenvalue weighted by atomic mass is 10.1. The van der Waals surface area contributed by atoms with Gasteiger partial charge in [0, 0.05) is 24.8 Å². The molecule has 0 spiro atoms. The van der Waals surface area contributed by atoms with Crippen molar-refractivity contribution in [1.82, 2.24) is 9.88 Å². The lowest BCUT2D eigenvalue weighted by Gasteiger charge is -2.27. The van der Waals surface area contributed by atoms with Crippen LogP contribution in [0.4, 0.5) is 5.82 Å². The van der Waals surface area contributed by atoms with E-state index in [1.165, 1.54) is 37.9 Å². The van der Waals surface area contributed by atoms with E-state index >= 15 is 0 Å². The maximum atomic E-state index is 4.44. The molecular weight excluding hydrogens is 210 g/mol. The van der Waals surface area contributed by atoms with Crippen LogP contribution in [-0.2, 0) is 6.54 Å².